The molecule has 5 nitrogen and oxygen atoms in total. The largest absolute Gasteiger partial charge is 1.00 e. The molecule has 190 valence electrons. The normalized spacial score (nSPS) is 10.4. The fourth-order valence-electron chi connectivity index (χ4n) is 3.94. The van der Waals surface area contributed by atoms with E-state index in [0.717, 1.165) is 36.4 Å². The van der Waals surface area contributed by atoms with Gasteiger partial charge in [0.1, 0.15) is 24.6 Å². The summed E-state index contributed by atoms with van der Waals surface area (Å²) in [5.74, 6) is 1.47. The molecule has 2 aromatic rings. The van der Waals surface area contributed by atoms with E-state index in [4.69, 9.17) is 9.47 Å². The van der Waals surface area contributed by atoms with Crippen LogP contribution in [0.15, 0.2) is 42.6 Å². The van der Waals surface area contributed by atoms with E-state index in [1.165, 1.54) is 44.9 Å². The van der Waals surface area contributed by atoms with Crippen molar-refractivity contribution in [2.75, 3.05) is 13.7 Å². The van der Waals surface area contributed by atoms with E-state index in [2.05, 4.69) is 36.0 Å². The van der Waals surface area contributed by atoms with Crippen LogP contribution in [0.1, 0.15) is 82.9 Å². The molecule has 0 aliphatic heterocycles. The van der Waals surface area contributed by atoms with Crippen LogP contribution in [0.2, 0.25) is 0 Å². The topological polar surface area (TPSA) is 51.4 Å². The van der Waals surface area contributed by atoms with Crippen molar-refractivity contribution in [3.05, 3.63) is 53.9 Å². The third-order valence-electron chi connectivity index (χ3n) is 5.84. The van der Waals surface area contributed by atoms with Gasteiger partial charge in [-0.25, -0.2) is 4.57 Å². The molecule has 34 heavy (non-hydrogen) atoms. The second-order valence-electron chi connectivity index (χ2n) is 8.64. The highest BCUT2D eigenvalue weighted by atomic mass is 127. The van der Waals surface area contributed by atoms with Gasteiger partial charge >= 0.3 is 0 Å². The summed E-state index contributed by atoms with van der Waals surface area (Å²) < 4.78 is 13.6. The van der Waals surface area contributed by atoms with Gasteiger partial charge in [-0.2, -0.15) is 0 Å². The molecule has 0 atom stereocenters. The van der Waals surface area contributed by atoms with E-state index in [9.17, 15) is 4.79 Å². The summed E-state index contributed by atoms with van der Waals surface area (Å²) in [4.78, 5) is 12.6. The molecule has 0 fully saturated rings. The minimum atomic E-state index is -0.0205. The number of ether oxygens (including phenoxy) is 2. The molecule has 0 unspecified atom stereocenters. The van der Waals surface area contributed by atoms with Crippen LogP contribution in [0.5, 0.6) is 11.5 Å². The number of aryl methyl sites for hydroxylation is 1. The molecule has 0 radical (unpaired) electrons. The Bertz CT molecular complexity index is 829. The Labute approximate surface area is 223 Å². The summed E-state index contributed by atoms with van der Waals surface area (Å²) in [6.07, 6.45) is 13.6. The second-order valence-corrected chi connectivity index (χ2v) is 8.64. The van der Waals surface area contributed by atoms with Crippen LogP contribution in [-0.2, 0) is 24.3 Å². The summed E-state index contributed by atoms with van der Waals surface area (Å²) in [5.41, 5.74) is 1.97. The zero-order chi connectivity index (χ0) is 23.7. The van der Waals surface area contributed by atoms with Crippen LogP contribution < -0.4 is 43.3 Å². The molecule has 0 spiro atoms. The van der Waals surface area contributed by atoms with Gasteiger partial charge < -0.3 is 38.8 Å². The van der Waals surface area contributed by atoms with Crippen molar-refractivity contribution in [3.8, 4) is 11.5 Å². The number of nitrogens with zero attached hydrogens (tertiary/aromatic N) is 1. The van der Waals surface area contributed by atoms with Gasteiger partial charge in [0.05, 0.1) is 20.1 Å². The SMILES string of the molecule is CCCCCCCCCCOc1ccc(CC(=O)NCc2cccc[n+]2CCC)c(OC)c1.[I-]. The van der Waals surface area contributed by atoms with Crippen molar-refractivity contribution >= 4 is 5.91 Å². The molecule has 0 aliphatic rings. The molecule has 1 aromatic heterocycles. The second kappa shape index (κ2) is 18.5. The Morgan fingerprint density at radius 2 is 1.68 bits per heavy atom. The fraction of sp³-hybridized carbons (Fsp3) is 0.571. The summed E-state index contributed by atoms with van der Waals surface area (Å²) in [5, 5.41) is 3.04. The van der Waals surface area contributed by atoms with Gasteiger partial charge in [-0.05, 0) is 12.5 Å². The molecule has 1 aromatic carbocycles. The van der Waals surface area contributed by atoms with Crippen LogP contribution in [0.4, 0.5) is 0 Å². The summed E-state index contributed by atoms with van der Waals surface area (Å²) in [6.45, 7) is 6.58. The lowest BCUT2D eigenvalue weighted by Crippen LogP contribution is -3.00. The first-order valence-electron chi connectivity index (χ1n) is 12.7. The van der Waals surface area contributed by atoms with E-state index in [1.807, 2.05) is 30.3 Å². The van der Waals surface area contributed by atoms with Crippen molar-refractivity contribution in [2.45, 2.75) is 91.1 Å². The van der Waals surface area contributed by atoms with E-state index in [1.54, 1.807) is 7.11 Å². The number of unbranched alkanes of at least 4 members (excludes halogenated alkanes) is 7. The maximum atomic E-state index is 12.6. The zero-order valence-electron chi connectivity index (χ0n) is 21.3. The molecule has 1 N–H and O–H groups in total. The number of carbonyl (C=O) groups is 1. The van der Waals surface area contributed by atoms with Gasteiger partial charge in [-0.3, -0.25) is 4.79 Å². The molecular formula is C28H43IN2O3. The number of amides is 1. The molecule has 0 aliphatic carbocycles. The van der Waals surface area contributed by atoms with Crippen molar-refractivity contribution in [1.82, 2.24) is 5.32 Å². The molecule has 0 saturated carbocycles. The Hall–Kier alpha value is -1.83. The number of pyridine rings is 1. The van der Waals surface area contributed by atoms with Gasteiger partial charge in [0.2, 0.25) is 11.6 Å². The first kappa shape index (κ1) is 30.2. The van der Waals surface area contributed by atoms with Crippen molar-refractivity contribution in [1.29, 1.82) is 0 Å². The van der Waals surface area contributed by atoms with Gasteiger partial charge in [-0.15, -0.1) is 0 Å². The van der Waals surface area contributed by atoms with E-state index >= 15 is 0 Å². The molecule has 6 heteroatoms. The minimum absolute atomic E-state index is 0. The van der Waals surface area contributed by atoms with Crippen molar-refractivity contribution in [3.63, 3.8) is 0 Å². The fourth-order valence-corrected chi connectivity index (χ4v) is 3.94. The first-order valence-corrected chi connectivity index (χ1v) is 12.7. The Morgan fingerprint density at radius 3 is 2.38 bits per heavy atom. The van der Waals surface area contributed by atoms with Gasteiger partial charge in [0.25, 0.3) is 0 Å². The summed E-state index contributed by atoms with van der Waals surface area (Å²) >= 11 is 0. The summed E-state index contributed by atoms with van der Waals surface area (Å²) in [6, 6.07) is 11.8. The predicted molar refractivity (Wildman–Crippen MR) is 134 cm³/mol. The van der Waals surface area contributed by atoms with Crippen LogP contribution in [0.25, 0.3) is 0 Å². The number of nitrogens with one attached hydrogen (secondary N) is 1. The Morgan fingerprint density at radius 1 is 0.941 bits per heavy atom. The Balaban J connectivity index is 0.00000578. The molecule has 0 saturated heterocycles. The van der Waals surface area contributed by atoms with Crippen LogP contribution >= 0.6 is 0 Å². The molecule has 2 rings (SSSR count). The number of methoxy groups -OCH3 is 1. The maximum absolute atomic E-state index is 12.6. The lowest BCUT2D eigenvalue weighted by Gasteiger charge is -2.12. The molecule has 1 heterocycles. The van der Waals surface area contributed by atoms with E-state index in [-0.39, 0.29) is 36.3 Å². The number of halogens is 1. The van der Waals surface area contributed by atoms with Crippen LogP contribution in [0.3, 0.4) is 0 Å². The third kappa shape index (κ3) is 11.5. The predicted octanol–water partition coefficient (Wildman–Crippen LogP) is 2.78. The van der Waals surface area contributed by atoms with Crippen molar-refractivity contribution in [2.24, 2.45) is 0 Å². The smallest absolute Gasteiger partial charge is 0.225 e. The van der Waals surface area contributed by atoms with Crippen LogP contribution in [0, 0.1) is 0 Å². The lowest BCUT2D eigenvalue weighted by atomic mass is 10.1. The van der Waals surface area contributed by atoms with E-state index in [0.29, 0.717) is 18.9 Å². The van der Waals surface area contributed by atoms with Gasteiger partial charge in [0, 0.05) is 30.2 Å². The van der Waals surface area contributed by atoms with Crippen molar-refractivity contribution < 1.29 is 42.8 Å². The monoisotopic (exact) mass is 582 g/mol. The number of aromatic nitrogens is 1. The zero-order valence-corrected chi connectivity index (χ0v) is 23.4. The summed E-state index contributed by atoms with van der Waals surface area (Å²) in [7, 11) is 1.64. The lowest BCUT2D eigenvalue weighted by molar-refractivity contribution is -0.704. The molecule has 1 amide bonds. The van der Waals surface area contributed by atoms with E-state index < -0.39 is 0 Å². The number of hydrogen-bond acceptors (Lipinski definition) is 3. The van der Waals surface area contributed by atoms with Gasteiger partial charge in [-0.1, -0.05) is 70.9 Å². The number of carbonyl (C=O) groups excluding carboxylic acids is 1. The number of hydrogen-bond donors (Lipinski definition) is 1. The highest BCUT2D eigenvalue weighted by Crippen LogP contribution is 2.25. The maximum Gasteiger partial charge on any atom is 0.225 e. The first-order chi connectivity index (χ1) is 16.2. The van der Waals surface area contributed by atoms with Gasteiger partial charge in [0.15, 0.2) is 6.20 Å². The Kier molecular flexibility index (Phi) is 16.4. The standard InChI is InChI=1S/C28H42N2O3.HI/c1-4-6-7-8-9-10-11-14-20-33-26-17-16-24(27(22-26)32-3)21-28(31)29-23-25-15-12-13-19-30(25)18-5-2;/h12-13,15-17,19,22H,4-11,14,18,20-21,23H2,1-3H3;1H. The number of rotatable bonds is 17. The minimum Gasteiger partial charge on any atom is -1.00 e. The average Bonchev–Trinajstić information content (AvgIpc) is 2.83. The molecular weight excluding hydrogens is 539 g/mol. The van der Waals surface area contributed by atoms with Crippen LogP contribution in [-0.4, -0.2) is 19.6 Å². The molecule has 0 bridgehead atoms. The number of benzene rings is 1. The average molecular weight is 583 g/mol. The quantitative estimate of drug-likeness (QED) is 0.177. The highest BCUT2D eigenvalue weighted by molar-refractivity contribution is 5.79. The third-order valence-corrected chi connectivity index (χ3v) is 5.84. The highest BCUT2D eigenvalue weighted by Gasteiger charge is 2.13.